The number of β-amino-alcohol motifs (C(OH)–C–C–N with tert-alkyl or cyclic N) is 1. The molecule has 0 aromatic carbocycles. The molecular formula is C14H27N3O4S. The first-order valence-corrected chi connectivity index (χ1v) is 9.59. The maximum absolute atomic E-state index is 12.5. The van der Waals surface area contributed by atoms with Gasteiger partial charge in [0.25, 0.3) is 0 Å². The zero-order valence-corrected chi connectivity index (χ0v) is 14.1. The maximum atomic E-state index is 12.5. The third-order valence-electron chi connectivity index (χ3n) is 4.55. The van der Waals surface area contributed by atoms with Crippen LogP contribution in [-0.2, 0) is 14.8 Å². The maximum Gasteiger partial charge on any atom is 0.222 e. The molecule has 0 saturated carbocycles. The number of hydrogen-bond acceptors (Lipinski definition) is 5. The van der Waals surface area contributed by atoms with Gasteiger partial charge < -0.3 is 15.3 Å². The Kier molecular flexibility index (Phi) is 5.81. The van der Waals surface area contributed by atoms with Crippen LogP contribution in [0.2, 0.25) is 0 Å². The lowest BCUT2D eigenvalue weighted by atomic mass is 9.90. The molecule has 0 spiro atoms. The molecule has 1 unspecified atom stereocenters. The molecule has 1 amide bonds. The first kappa shape index (κ1) is 17.7. The SMILES string of the molecule is CNC(=O)CC1(O)CCCN(S(=O)(=O)CCN2CCCC2)C1. The monoisotopic (exact) mass is 333 g/mol. The number of aliphatic hydroxyl groups is 1. The lowest BCUT2D eigenvalue weighted by molar-refractivity contribution is -0.127. The predicted molar refractivity (Wildman–Crippen MR) is 83.9 cm³/mol. The Morgan fingerprint density at radius 3 is 2.55 bits per heavy atom. The number of hydrogen-bond donors (Lipinski definition) is 2. The lowest BCUT2D eigenvalue weighted by Crippen LogP contribution is -2.53. The molecule has 2 rings (SSSR count). The van der Waals surface area contributed by atoms with Crippen molar-refractivity contribution in [3.05, 3.63) is 0 Å². The smallest absolute Gasteiger partial charge is 0.222 e. The quantitative estimate of drug-likeness (QED) is 0.676. The standard InChI is InChI=1S/C14H27N3O4S/c1-15-13(18)11-14(19)5-4-8-17(12-14)22(20,21)10-9-16-6-2-3-7-16/h19H,2-12H2,1H3,(H,15,18). The number of rotatable bonds is 6. The van der Waals surface area contributed by atoms with Gasteiger partial charge >= 0.3 is 0 Å². The molecule has 2 N–H and O–H groups in total. The predicted octanol–water partition coefficient (Wildman–Crippen LogP) is -0.625. The van der Waals surface area contributed by atoms with Crippen LogP contribution in [-0.4, -0.2) is 79.8 Å². The number of nitrogens with one attached hydrogen (secondary N) is 1. The van der Waals surface area contributed by atoms with E-state index in [9.17, 15) is 18.3 Å². The van der Waals surface area contributed by atoms with Crippen molar-refractivity contribution in [3.8, 4) is 0 Å². The van der Waals surface area contributed by atoms with Gasteiger partial charge in [-0.15, -0.1) is 0 Å². The Bertz CT molecular complexity index is 490. The van der Waals surface area contributed by atoms with Gasteiger partial charge in [0, 0.05) is 26.7 Å². The van der Waals surface area contributed by atoms with E-state index in [2.05, 4.69) is 10.2 Å². The average Bonchev–Trinajstić information content (AvgIpc) is 2.98. The molecule has 22 heavy (non-hydrogen) atoms. The fourth-order valence-electron chi connectivity index (χ4n) is 3.22. The van der Waals surface area contributed by atoms with Gasteiger partial charge in [-0.2, -0.15) is 4.31 Å². The van der Waals surface area contributed by atoms with E-state index in [1.165, 1.54) is 11.4 Å². The van der Waals surface area contributed by atoms with Crippen molar-refractivity contribution in [1.29, 1.82) is 0 Å². The molecule has 8 heteroatoms. The molecular weight excluding hydrogens is 306 g/mol. The Balaban J connectivity index is 1.93. The minimum atomic E-state index is -3.38. The number of amides is 1. The van der Waals surface area contributed by atoms with E-state index in [1.54, 1.807) is 0 Å². The first-order chi connectivity index (χ1) is 10.3. The average molecular weight is 333 g/mol. The molecule has 2 fully saturated rings. The van der Waals surface area contributed by atoms with Crippen molar-refractivity contribution in [3.63, 3.8) is 0 Å². The summed E-state index contributed by atoms with van der Waals surface area (Å²) in [5, 5.41) is 13.0. The zero-order valence-electron chi connectivity index (χ0n) is 13.3. The highest BCUT2D eigenvalue weighted by Crippen LogP contribution is 2.26. The Morgan fingerprint density at radius 2 is 1.91 bits per heavy atom. The van der Waals surface area contributed by atoms with Crippen LogP contribution in [0.15, 0.2) is 0 Å². The van der Waals surface area contributed by atoms with Crippen molar-refractivity contribution >= 4 is 15.9 Å². The molecule has 2 heterocycles. The molecule has 7 nitrogen and oxygen atoms in total. The van der Waals surface area contributed by atoms with Crippen LogP contribution in [0.3, 0.4) is 0 Å². The molecule has 0 aromatic heterocycles. The minimum absolute atomic E-state index is 0.0166. The van der Waals surface area contributed by atoms with Gasteiger partial charge in [0.05, 0.1) is 17.8 Å². The largest absolute Gasteiger partial charge is 0.388 e. The zero-order chi connectivity index (χ0) is 16.2. The van der Waals surface area contributed by atoms with Gasteiger partial charge in [-0.05, 0) is 38.8 Å². The van der Waals surface area contributed by atoms with E-state index >= 15 is 0 Å². The second-order valence-corrected chi connectivity index (χ2v) is 8.46. The van der Waals surface area contributed by atoms with E-state index in [1.807, 2.05) is 0 Å². The van der Waals surface area contributed by atoms with E-state index in [-0.39, 0.29) is 24.6 Å². The summed E-state index contributed by atoms with van der Waals surface area (Å²) in [6.07, 6.45) is 3.25. The third kappa shape index (κ3) is 4.65. The highest BCUT2D eigenvalue weighted by molar-refractivity contribution is 7.89. The van der Waals surface area contributed by atoms with Gasteiger partial charge in [-0.1, -0.05) is 0 Å². The second-order valence-electron chi connectivity index (χ2n) is 6.38. The molecule has 0 aromatic rings. The normalized spacial score (nSPS) is 27.9. The molecule has 0 radical (unpaired) electrons. The summed E-state index contributed by atoms with van der Waals surface area (Å²) in [5.74, 6) is -0.179. The Hall–Kier alpha value is -0.700. The Labute approximate surface area is 132 Å². The topological polar surface area (TPSA) is 90.0 Å². The van der Waals surface area contributed by atoms with Crippen LogP contribution in [0.25, 0.3) is 0 Å². The van der Waals surface area contributed by atoms with Crippen molar-refractivity contribution in [2.24, 2.45) is 0 Å². The van der Waals surface area contributed by atoms with Crippen molar-refractivity contribution in [1.82, 2.24) is 14.5 Å². The number of piperidine rings is 1. The van der Waals surface area contributed by atoms with Gasteiger partial charge in [-0.25, -0.2) is 8.42 Å². The van der Waals surface area contributed by atoms with Crippen LogP contribution in [0, 0.1) is 0 Å². The van der Waals surface area contributed by atoms with Crippen molar-refractivity contribution in [2.45, 2.75) is 37.7 Å². The van der Waals surface area contributed by atoms with Crippen molar-refractivity contribution in [2.75, 3.05) is 45.5 Å². The summed E-state index contributed by atoms with van der Waals surface area (Å²) in [4.78, 5) is 13.7. The van der Waals surface area contributed by atoms with Crippen LogP contribution in [0.5, 0.6) is 0 Å². The van der Waals surface area contributed by atoms with E-state index in [4.69, 9.17) is 0 Å². The molecule has 1 atom stereocenters. The number of carbonyl (C=O) groups excluding carboxylic acids is 1. The number of carbonyl (C=O) groups is 1. The molecule has 2 aliphatic rings. The van der Waals surface area contributed by atoms with E-state index in [0.717, 1.165) is 25.9 Å². The van der Waals surface area contributed by atoms with Crippen LogP contribution in [0.4, 0.5) is 0 Å². The fourth-order valence-corrected chi connectivity index (χ4v) is 4.81. The summed E-state index contributed by atoms with van der Waals surface area (Å²) >= 11 is 0. The summed E-state index contributed by atoms with van der Waals surface area (Å²) < 4.78 is 26.3. The van der Waals surface area contributed by atoms with Gasteiger partial charge in [0.15, 0.2) is 0 Å². The van der Waals surface area contributed by atoms with Crippen molar-refractivity contribution < 1.29 is 18.3 Å². The van der Waals surface area contributed by atoms with Crippen LogP contribution >= 0.6 is 0 Å². The number of sulfonamides is 1. The van der Waals surface area contributed by atoms with E-state index in [0.29, 0.717) is 25.9 Å². The highest BCUT2D eigenvalue weighted by Gasteiger charge is 2.39. The first-order valence-electron chi connectivity index (χ1n) is 7.98. The van der Waals surface area contributed by atoms with E-state index < -0.39 is 15.6 Å². The Morgan fingerprint density at radius 1 is 1.23 bits per heavy atom. The molecule has 2 saturated heterocycles. The number of nitrogens with zero attached hydrogens (tertiary/aromatic N) is 2. The summed E-state index contributed by atoms with van der Waals surface area (Å²) in [6.45, 7) is 2.93. The summed E-state index contributed by atoms with van der Waals surface area (Å²) in [5.41, 5.74) is -1.25. The summed E-state index contributed by atoms with van der Waals surface area (Å²) in [7, 11) is -1.87. The molecule has 0 bridgehead atoms. The minimum Gasteiger partial charge on any atom is -0.388 e. The van der Waals surface area contributed by atoms with Gasteiger partial charge in [-0.3, -0.25) is 4.79 Å². The third-order valence-corrected chi connectivity index (χ3v) is 6.34. The second kappa shape index (κ2) is 7.25. The lowest BCUT2D eigenvalue weighted by Gasteiger charge is -2.38. The van der Waals surface area contributed by atoms with Gasteiger partial charge in [0.1, 0.15) is 0 Å². The van der Waals surface area contributed by atoms with Gasteiger partial charge in [0.2, 0.25) is 15.9 Å². The molecule has 128 valence electrons. The molecule has 2 aliphatic heterocycles. The fraction of sp³-hybridized carbons (Fsp3) is 0.929. The number of likely N-dealkylation sites (tertiary alicyclic amines) is 1. The van der Waals surface area contributed by atoms with Crippen LogP contribution in [0.1, 0.15) is 32.1 Å². The van der Waals surface area contributed by atoms with Crippen LogP contribution < -0.4 is 5.32 Å². The summed E-state index contributed by atoms with van der Waals surface area (Å²) in [6, 6.07) is 0. The highest BCUT2D eigenvalue weighted by atomic mass is 32.2. The molecule has 0 aliphatic carbocycles.